The van der Waals surface area contributed by atoms with Gasteiger partial charge < -0.3 is 4.90 Å². The number of tetrazole rings is 1. The number of rotatable bonds is 4. The van der Waals surface area contributed by atoms with Crippen LogP contribution in [0, 0.1) is 5.82 Å². The summed E-state index contributed by atoms with van der Waals surface area (Å²) < 4.78 is 13.0. The molecule has 2 heterocycles. The Hall–Kier alpha value is -2.35. The summed E-state index contributed by atoms with van der Waals surface area (Å²) in [6.07, 6.45) is 1.32. The van der Waals surface area contributed by atoms with Crippen LogP contribution in [0.3, 0.4) is 0 Å². The first-order chi connectivity index (χ1) is 11.4. The molecular formula is C16H21FN6O. The van der Waals surface area contributed by atoms with Crippen molar-refractivity contribution in [1.82, 2.24) is 30.0 Å². The van der Waals surface area contributed by atoms with Gasteiger partial charge in [0.1, 0.15) is 12.4 Å². The van der Waals surface area contributed by atoms with E-state index in [0.717, 1.165) is 25.2 Å². The van der Waals surface area contributed by atoms with Crippen LogP contribution >= 0.6 is 0 Å². The third-order valence-electron chi connectivity index (χ3n) is 4.27. The van der Waals surface area contributed by atoms with Gasteiger partial charge in [0.25, 0.3) is 0 Å². The standard InChI is InChI=1S/C16H21FN6O/c1-16(2)11-21(9-13-3-5-14(17)6-4-13)7-8-22(16)15(24)10-23-19-12-18-20-23/h3-6,12H,7-11H2,1-2H3. The summed E-state index contributed by atoms with van der Waals surface area (Å²) in [5.41, 5.74) is 0.773. The molecule has 128 valence electrons. The van der Waals surface area contributed by atoms with Crippen molar-refractivity contribution >= 4 is 5.91 Å². The van der Waals surface area contributed by atoms with E-state index in [1.54, 1.807) is 12.1 Å². The molecule has 1 aromatic carbocycles. The summed E-state index contributed by atoms with van der Waals surface area (Å²) in [6.45, 7) is 7.12. The van der Waals surface area contributed by atoms with Crippen molar-refractivity contribution in [3.8, 4) is 0 Å². The number of carbonyl (C=O) groups is 1. The van der Waals surface area contributed by atoms with E-state index >= 15 is 0 Å². The van der Waals surface area contributed by atoms with Crippen LogP contribution in [-0.2, 0) is 17.9 Å². The average Bonchev–Trinajstić information content (AvgIpc) is 3.01. The summed E-state index contributed by atoms with van der Waals surface area (Å²) in [6, 6.07) is 6.56. The van der Waals surface area contributed by atoms with Gasteiger partial charge in [0.15, 0.2) is 6.33 Å². The fourth-order valence-corrected chi connectivity index (χ4v) is 3.17. The normalized spacial score (nSPS) is 17.9. The van der Waals surface area contributed by atoms with E-state index in [9.17, 15) is 9.18 Å². The van der Waals surface area contributed by atoms with E-state index in [1.807, 2.05) is 4.90 Å². The van der Waals surface area contributed by atoms with Crippen LogP contribution in [-0.4, -0.2) is 61.1 Å². The summed E-state index contributed by atoms with van der Waals surface area (Å²) in [4.78, 5) is 18.0. The fraction of sp³-hybridized carbons (Fsp3) is 0.500. The lowest BCUT2D eigenvalue weighted by molar-refractivity contribution is -0.141. The van der Waals surface area contributed by atoms with Crippen LogP contribution in [0.1, 0.15) is 19.4 Å². The summed E-state index contributed by atoms with van der Waals surface area (Å²) >= 11 is 0. The van der Waals surface area contributed by atoms with Gasteiger partial charge in [-0.2, -0.15) is 4.80 Å². The molecule has 3 rings (SSSR count). The zero-order valence-corrected chi connectivity index (χ0v) is 13.9. The Morgan fingerprint density at radius 1 is 1.25 bits per heavy atom. The molecule has 1 amide bonds. The lowest BCUT2D eigenvalue weighted by atomic mass is 9.98. The Bertz CT molecular complexity index is 685. The molecule has 2 aromatic rings. The van der Waals surface area contributed by atoms with Gasteiger partial charge in [-0.3, -0.25) is 9.69 Å². The second-order valence-corrected chi connectivity index (χ2v) is 6.66. The van der Waals surface area contributed by atoms with E-state index in [4.69, 9.17) is 0 Å². The minimum absolute atomic E-state index is 0.0144. The van der Waals surface area contributed by atoms with Crippen LogP contribution in [0.2, 0.25) is 0 Å². The highest BCUT2D eigenvalue weighted by atomic mass is 19.1. The maximum atomic E-state index is 13.0. The van der Waals surface area contributed by atoms with Crippen LogP contribution in [0.15, 0.2) is 30.6 Å². The van der Waals surface area contributed by atoms with Crippen LogP contribution in [0.25, 0.3) is 0 Å². The van der Waals surface area contributed by atoms with Crippen molar-refractivity contribution < 1.29 is 9.18 Å². The Kier molecular flexibility index (Phi) is 4.57. The molecule has 8 heteroatoms. The molecule has 0 bridgehead atoms. The quantitative estimate of drug-likeness (QED) is 0.833. The summed E-state index contributed by atoms with van der Waals surface area (Å²) in [5, 5.41) is 11.2. The molecule has 0 spiro atoms. The lowest BCUT2D eigenvalue weighted by Gasteiger charge is -2.47. The van der Waals surface area contributed by atoms with Gasteiger partial charge in [0, 0.05) is 26.2 Å². The molecule has 1 aliphatic heterocycles. The summed E-state index contributed by atoms with van der Waals surface area (Å²) in [5.74, 6) is -0.240. The number of hydrogen-bond acceptors (Lipinski definition) is 5. The van der Waals surface area contributed by atoms with Gasteiger partial charge in [0.05, 0.1) is 5.54 Å². The highest BCUT2D eigenvalue weighted by Crippen LogP contribution is 2.23. The Morgan fingerprint density at radius 3 is 2.62 bits per heavy atom. The molecule has 7 nitrogen and oxygen atoms in total. The molecule has 1 aromatic heterocycles. The molecule has 0 N–H and O–H groups in total. The molecule has 0 aliphatic carbocycles. The first-order valence-corrected chi connectivity index (χ1v) is 7.92. The van der Waals surface area contributed by atoms with Gasteiger partial charge in [-0.15, -0.1) is 10.2 Å². The molecule has 0 radical (unpaired) electrons. The molecule has 1 saturated heterocycles. The number of halogens is 1. The third-order valence-corrected chi connectivity index (χ3v) is 4.27. The van der Waals surface area contributed by atoms with Crippen molar-refractivity contribution in [2.75, 3.05) is 19.6 Å². The second kappa shape index (κ2) is 6.64. The molecule has 24 heavy (non-hydrogen) atoms. The van der Waals surface area contributed by atoms with E-state index < -0.39 is 0 Å². The zero-order chi connectivity index (χ0) is 17.2. The van der Waals surface area contributed by atoms with Crippen LogP contribution in [0.4, 0.5) is 4.39 Å². The topological polar surface area (TPSA) is 67.2 Å². The molecule has 0 atom stereocenters. The maximum Gasteiger partial charge on any atom is 0.246 e. The van der Waals surface area contributed by atoms with Crippen molar-refractivity contribution in [3.05, 3.63) is 42.0 Å². The van der Waals surface area contributed by atoms with E-state index in [-0.39, 0.29) is 23.8 Å². The molecule has 1 fully saturated rings. The molecule has 0 unspecified atom stereocenters. The molecule has 1 aliphatic rings. The van der Waals surface area contributed by atoms with Crippen molar-refractivity contribution in [1.29, 1.82) is 0 Å². The Balaban J connectivity index is 1.61. The monoisotopic (exact) mass is 332 g/mol. The Morgan fingerprint density at radius 2 is 2.00 bits per heavy atom. The zero-order valence-electron chi connectivity index (χ0n) is 13.9. The van der Waals surface area contributed by atoms with Crippen LogP contribution < -0.4 is 0 Å². The number of amides is 1. The smallest absolute Gasteiger partial charge is 0.246 e. The van der Waals surface area contributed by atoms with Gasteiger partial charge >= 0.3 is 0 Å². The summed E-state index contributed by atoms with van der Waals surface area (Å²) in [7, 11) is 0. The van der Waals surface area contributed by atoms with Crippen molar-refractivity contribution in [3.63, 3.8) is 0 Å². The first-order valence-electron chi connectivity index (χ1n) is 7.92. The predicted molar refractivity (Wildman–Crippen MR) is 85.3 cm³/mol. The van der Waals surface area contributed by atoms with E-state index in [1.165, 1.54) is 23.3 Å². The molecular weight excluding hydrogens is 311 g/mol. The van der Waals surface area contributed by atoms with Crippen molar-refractivity contribution in [2.24, 2.45) is 0 Å². The molecule has 0 saturated carbocycles. The third kappa shape index (κ3) is 3.76. The number of aromatic nitrogens is 4. The van der Waals surface area contributed by atoms with Gasteiger partial charge in [-0.05, 0) is 36.8 Å². The van der Waals surface area contributed by atoms with Gasteiger partial charge in [-0.1, -0.05) is 12.1 Å². The second-order valence-electron chi connectivity index (χ2n) is 6.66. The fourth-order valence-electron chi connectivity index (χ4n) is 3.17. The number of nitrogens with zero attached hydrogens (tertiary/aromatic N) is 6. The van der Waals surface area contributed by atoms with E-state index in [0.29, 0.717) is 6.54 Å². The van der Waals surface area contributed by atoms with Crippen LogP contribution in [0.5, 0.6) is 0 Å². The van der Waals surface area contributed by atoms with E-state index in [2.05, 4.69) is 34.2 Å². The maximum absolute atomic E-state index is 13.0. The lowest BCUT2D eigenvalue weighted by Crippen LogP contribution is -2.61. The highest BCUT2D eigenvalue weighted by molar-refractivity contribution is 5.76. The largest absolute Gasteiger partial charge is 0.333 e. The predicted octanol–water partition coefficient (Wildman–Crippen LogP) is 0.935. The van der Waals surface area contributed by atoms with Gasteiger partial charge in [0.2, 0.25) is 5.91 Å². The Labute approximate surface area is 140 Å². The minimum atomic E-state index is -0.296. The highest BCUT2D eigenvalue weighted by Gasteiger charge is 2.36. The average molecular weight is 332 g/mol. The minimum Gasteiger partial charge on any atom is -0.333 e. The first kappa shape index (κ1) is 16.5. The number of benzene rings is 1. The SMILES string of the molecule is CC1(C)CN(Cc2ccc(F)cc2)CCN1C(=O)Cn1ncnn1. The number of hydrogen-bond donors (Lipinski definition) is 0. The van der Waals surface area contributed by atoms with Crippen molar-refractivity contribution in [2.45, 2.75) is 32.5 Å². The van der Waals surface area contributed by atoms with Gasteiger partial charge in [-0.25, -0.2) is 4.39 Å². The number of carbonyl (C=O) groups excluding carboxylic acids is 1. The number of piperazine rings is 1.